The van der Waals surface area contributed by atoms with E-state index >= 15 is 0 Å². The topological polar surface area (TPSA) is 98.2 Å². The molecule has 0 bridgehead atoms. The average molecular weight is 227 g/mol. The highest BCUT2D eigenvalue weighted by atomic mass is 16.2. The van der Waals surface area contributed by atoms with Crippen LogP contribution in [-0.2, 0) is 9.59 Å². The highest BCUT2D eigenvalue weighted by Gasteiger charge is 2.32. The van der Waals surface area contributed by atoms with Crippen LogP contribution in [0.1, 0.15) is 32.6 Å². The zero-order valence-electron chi connectivity index (χ0n) is 9.74. The third kappa shape index (κ3) is 3.48. The number of carbonyl (C=O) groups excluding carboxylic acids is 2. The zero-order valence-corrected chi connectivity index (χ0v) is 9.74. The maximum atomic E-state index is 11.8. The molecule has 5 heteroatoms. The van der Waals surface area contributed by atoms with Gasteiger partial charge < -0.3 is 16.8 Å². The van der Waals surface area contributed by atoms with E-state index in [1.165, 1.54) is 0 Å². The van der Waals surface area contributed by atoms with Crippen molar-refractivity contribution < 1.29 is 9.59 Å². The summed E-state index contributed by atoms with van der Waals surface area (Å²) >= 11 is 0. The van der Waals surface area contributed by atoms with Crippen LogP contribution in [0.15, 0.2) is 0 Å². The van der Waals surface area contributed by atoms with E-state index in [-0.39, 0.29) is 30.2 Å². The van der Waals surface area contributed by atoms with Crippen LogP contribution in [0.25, 0.3) is 0 Å². The highest BCUT2D eigenvalue weighted by Crippen LogP contribution is 2.28. The quantitative estimate of drug-likeness (QED) is 0.617. The van der Waals surface area contributed by atoms with Crippen LogP contribution in [0.3, 0.4) is 0 Å². The van der Waals surface area contributed by atoms with Gasteiger partial charge >= 0.3 is 0 Å². The molecule has 0 aromatic heterocycles. The number of rotatable bonds is 4. The van der Waals surface area contributed by atoms with Crippen molar-refractivity contribution in [2.75, 3.05) is 6.54 Å². The molecule has 1 aliphatic carbocycles. The molecule has 0 aromatic carbocycles. The summed E-state index contributed by atoms with van der Waals surface area (Å²) < 4.78 is 0. The number of nitrogens with two attached hydrogens (primary N) is 2. The molecular formula is C11H21N3O2. The lowest BCUT2D eigenvalue weighted by atomic mass is 9.77. The third-order valence-electron chi connectivity index (χ3n) is 3.37. The molecule has 1 saturated carbocycles. The van der Waals surface area contributed by atoms with Crippen LogP contribution in [0, 0.1) is 11.8 Å². The Morgan fingerprint density at radius 2 is 2.06 bits per heavy atom. The summed E-state index contributed by atoms with van der Waals surface area (Å²) in [5.41, 5.74) is 10.9. The van der Waals surface area contributed by atoms with Crippen LogP contribution in [0.2, 0.25) is 0 Å². The van der Waals surface area contributed by atoms with Crippen molar-refractivity contribution >= 4 is 11.8 Å². The Morgan fingerprint density at radius 3 is 2.69 bits per heavy atom. The Bertz CT molecular complexity index is 268. The lowest BCUT2D eigenvalue weighted by molar-refractivity contribution is -0.127. The summed E-state index contributed by atoms with van der Waals surface area (Å²) in [5, 5.41) is 2.74. The Morgan fingerprint density at radius 1 is 1.38 bits per heavy atom. The van der Waals surface area contributed by atoms with Gasteiger partial charge in [-0.2, -0.15) is 0 Å². The van der Waals surface area contributed by atoms with E-state index in [1.54, 1.807) is 0 Å². The van der Waals surface area contributed by atoms with Gasteiger partial charge in [0.05, 0.1) is 0 Å². The second-order valence-electron chi connectivity index (χ2n) is 4.57. The number of hydrogen-bond acceptors (Lipinski definition) is 3. The lowest BCUT2D eigenvalue weighted by Gasteiger charge is -2.32. The molecule has 3 unspecified atom stereocenters. The van der Waals surface area contributed by atoms with Gasteiger partial charge in [-0.25, -0.2) is 0 Å². The molecule has 3 atom stereocenters. The molecule has 0 spiro atoms. The van der Waals surface area contributed by atoms with Gasteiger partial charge in [-0.15, -0.1) is 0 Å². The monoisotopic (exact) mass is 227 g/mol. The maximum Gasteiger partial charge on any atom is 0.223 e. The molecule has 0 radical (unpaired) electrons. The van der Waals surface area contributed by atoms with Gasteiger partial charge in [0.15, 0.2) is 0 Å². The molecule has 1 rings (SSSR count). The van der Waals surface area contributed by atoms with E-state index in [4.69, 9.17) is 11.5 Å². The van der Waals surface area contributed by atoms with Crippen LogP contribution in [-0.4, -0.2) is 24.4 Å². The van der Waals surface area contributed by atoms with E-state index < -0.39 is 5.91 Å². The molecule has 0 saturated heterocycles. The van der Waals surface area contributed by atoms with Gasteiger partial charge in [0, 0.05) is 24.9 Å². The molecule has 2 amide bonds. The third-order valence-corrected chi connectivity index (χ3v) is 3.37. The average Bonchev–Trinajstić information content (AvgIpc) is 2.21. The minimum Gasteiger partial charge on any atom is -0.370 e. The summed E-state index contributed by atoms with van der Waals surface area (Å²) in [7, 11) is 0. The van der Waals surface area contributed by atoms with Crippen LogP contribution in [0.5, 0.6) is 0 Å². The normalized spacial score (nSPS) is 29.8. The molecular weight excluding hydrogens is 206 g/mol. The van der Waals surface area contributed by atoms with Gasteiger partial charge in [0.25, 0.3) is 0 Å². The van der Waals surface area contributed by atoms with Crippen molar-refractivity contribution in [3.8, 4) is 0 Å². The van der Waals surface area contributed by atoms with Crippen LogP contribution in [0.4, 0.5) is 0 Å². The van der Waals surface area contributed by atoms with E-state index in [0.717, 1.165) is 19.3 Å². The van der Waals surface area contributed by atoms with Crippen LogP contribution >= 0.6 is 0 Å². The number of carbonyl (C=O) groups is 2. The fourth-order valence-corrected chi connectivity index (χ4v) is 2.21. The molecule has 5 nitrogen and oxygen atoms in total. The second-order valence-corrected chi connectivity index (χ2v) is 4.57. The van der Waals surface area contributed by atoms with Crippen molar-refractivity contribution in [1.82, 2.24) is 5.32 Å². The predicted molar refractivity (Wildman–Crippen MR) is 61.3 cm³/mol. The fraction of sp³-hybridized carbons (Fsp3) is 0.818. The highest BCUT2D eigenvalue weighted by molar-refractivity contribution is 5.80. The molecule has 92 valence electrons. The number of amides is 2. The van der Waals surface area contributed by atoms with Crippen molar-refractivity contribution in [2.45, 2.75) is 38.6 Å². The summed E-state index contributed by atoms with van der Waals surface area (Å²) in [4.78, 5) is 22.3. The Kier molecular flexibility index (Phi) is 4.73. The van der Waals surface area contributed by atoms with Crippen molar-refractivity contribution in [3.63, 3.8) is 0 Å². The first-order chi connectivity index (χ1) is 7.52. The standard InChI is InChI=1S/C11H21N3O2/c1-7-8(3-2-4-9(7)12)11(16)14-6-5-10(13)15/h7-9H,2-6,12H2,1H3,(H2,13,15)(H,14,16). The van der Waals surface area contributed by atoms with Crippen molar-refractivity contribution in [1.29, 1.82) is 0 Å². The lowest BCUT2D eigenvalue weighted by Crippen LogP contribution is -2.44. The van der Waals surface area contributed by atoms with Gasteiger partial charge in [-0.3, -0.25) is 9.59 Å². The Labute approximate surface area is 95.9 Å². The molecule has 1 aliphatic rings. The fourth-order valence-electron chi connectivity index (χ4n) is 2.21. The SMILES string of the molecule is CC1C(N)CCCC1C(=O)NCCC(N)=O. The molecule has 0 aliphatic heterocycles. The van der Waals surface area contributed by atoms with Crippen molar-refractivity contribution in [3.05, 3.63) is 0 Å². The summed E-state index contributed by atoms with van der Waals surface area (Å²) in [5.74, 6) is -0.198. The Balaban J connectivity index is 2.37. The van der Waals surface area contributed by atoms with Gasteiger partial charge in [-0.05, 0) is 18.8 Å². The first-order valence-corrected chi connectivity index (χ1v) is 5.84. The number of primary amides is 1. The minimum absolute atomic E-state index is 0.00361. The predicted octanol–water partition coefficient (Wildman–Crippen LogP) is -0.258. The molecule has 16 heavy (non-hydrogen) atoms. The van der Waals surface area contributed by atoms with E-state index in [9.17, 15) is 9.59 Å². The summed E-state index contributed by atoms with van der Waals surface area (Å²) in [6.07, 6.45) is 3.07. The second kappa shape index (κ2) is 5.84. The van der Waals surface area contributed by atoms with E-state index in [0.29, 0.717) is 6.54 Å². The molecule has 1 fully saturated rings. The minimum atomic E-state index is -0.395. The van der Waals surface area contributed by atoms with Crippen LogP contribution < -0.4 is 16.8 Å². The number of nitrogens with one attached hydrogen (secondary N) is 1. The molecule has 0 heterocycles. The van der Waals surface area contributed by atoms with Crippen molar-refractivity contribution in [2.24, 2.45) is 23.3 Å². The summed E-state index contributed by atoms with van der Waals surface area (Å²) in [6, 6.07) is 0.112. The van der Waals surface area contributed by atoms with E-state index in [1.807, 2.05) is 6.92 Å². The summed E-state index contributed by atoms with van der Waals surface area (Å²) in [6.45, 7) is 2.34. The number of hydrogen-bond donors (Lipinski definition) is 3. The first-order valence-electron chi connectivity index (χ1n) is 5.84. The van der Waals surface area contributed by atoms with E-state index in [2.05, 4.69) is 5.32 Å². The largest absolute Gasteiger partial charge is 0.370 e. The first kappa shape index (κ1) is 13.0. The van der Waals surface area contributed by atoms with Gasteiger partial charge in [0.1, 0.15) is 0 Å². The Hall–Kier alpha value is -1.10. The smallest absolute Gasteiger partial charge is 0.223 e. The molecule has 5 N–H and O–H groups in total. The van der Waals surface area contributed by atoms with Gasteiger partial charge in [-0.1, -0.05) is 13.3 Å². The zero-order chi connectivity index (χ0) is 12.1. The van der Waals surface area contributed by atoms with Gasteiger partial charge in [0.2, 0.25) is 11.8 Å². The molecule has 0 aromatic rings. The maximum absolute atomic E-state index is 11.8.